The summed E-state index contributed by atoms with van der Waals surface area (Å²) in [5.41, 5.74) is -0.187. The van der Waals surface area contributed by atoms with Gasteiger partial charge in [-0.05, 0) is 107 Å². The molecule has 4 rings (SSSR count). The lowest BCUT2D eigenvalue weighted by atomic mass is 9.75. The van der Waals surface area contributed by atoms with E-state index in [1.54, 1.807) is 34.0 Å². The Morgan fingerprint density at radius 3 is 2.24 bits per heavy atom. The second-order valence-corrected chi connectivity index (χ2v) is 17.9. The highest BCUT2D eigenvalue weighted by molar-refractivity contribution is 6.39. The van der Waals surface area contributed by atoms with Gasteiger partial charge in [-0.3, -0.25) is 14.4 Å². The van der Waals surface area contributed by atoms with Crippen molar-refractivity contribution >= 4 is 23.4 Å². The molecule has 2 saturated heterocycles. The number of amides is 1. The molecule has 1 unspecified atom stereocenters. The Labute approximate surface area is 345 Å². The lowest BCUT2D eigenvalue weighted by molar-refractivity contribution is -0.339. The van der Waals surface area contributed by atoms with Crippen LogP contribution in [0.5, 0.6) is 0 Å². The van der Waals surface area contributed by atoms with Gasteiger partial charge >= 0.3 is 5.97 Å². The lowest BCUT2D eigenvalue weighted by Crippen LogP contribution is -2.69. The molecule has 3 fully saturated rings. The van der Waals surface area contributed by atoms with Crippen molar-refractivity contribution in [3.05, 3.63) is 36.0 Å². The van der Waals surface area contributed by atoms with Crippen LogP contribution in [0.4, 0.5) is 0 Å². The van der Waals surface area contributed by atoms with E-state index in [2.05, 4.69) is 13.5 Å². The van der Waals surface area contributed by atoms with Crippen LogP contribution in [0.2, 0.25) is 0 Å². The maximum absolute atomic E-state index is 14.4. The first-order valence-corrected chi connectivity index (χ1v) is 21.3. The van der Waals surface area contributed by atoms with Gasteiger partial charge in [-0.15, -0.1) is 6.58 Å². The fourth-order valence-electron chi connectivity index (χ4n) is 9.84. The average molecular weight is 818 g/mol. The van der Waals surface area contributed by atoms with E-state index in [4.69, 9.17) is 23.7 Å². The minimum Gasteiger partial charge on any atom is -0.456 e. The summed E-state index contributed by atoms with van der Waals surface area (Å²) in [5, 5.41) is 34.3. The van der Waals surface area contributed by atoms with Crippen LogP contribution in [0.1, 0.15) is 112 Å². The molecule has 0 spiro atoms. The van der Waals surface area contributed by atoms with Crippen LogP contribution in [-0.4, -0.2) is 126 Å². The number of piperidine rings is 1. The maximum Gasteiger partial charge on any atom is 0.329 e. The van der Waals surface area contributed by atoms with Crippen molar-refractivity contribution in [3.63, 3.8) is 0 Å². The van der Waals surface area contributed by atoms with E-state index in [0.29, 0.717) is 62.5 Å². The molecule has 3 N–H and O–H groups in total. The van der Waals surface area contributed by atoms with Gasteiger partial charge in [0.1, 0.15) is 17.7 Å². The number of esters is 1. The summed E-state index contributed by atoms with van der Waals surface area (Å²) in [4.78, 5) is 58.1. The zero-order valence-corrected chi connectivity index (χ0v) is 36.3. The van der Waals surface area contributed by atoms with E-state index >= 15 is 0 Å². The SMILES string of the molecule is C=CCC1=CC(C)C[C@H](C)C[C@H](OC)[C@@]2(C)O[C@@](O)(C(=O)C(=O)N3CCCC[C@H]3C(=O)O[C@H](C(C)=C[C@@H]3CC[C@@H](O)[C@H](OC)C3)[C@H](C)[C@@H](O)CC1=O)[C@H](C)C[C@@H]2OC. The number of rotatable bonds is 7. The molecule has 328 valence electrons. The smallest absolute Gasteiger partial charge is 0.329 e. The highest BCUT2D eigenvalue weighted by atomic mass is 16.7. The quantitative estimate of drug-likeness (QED) is 0.178. The van der Waals surface area contributed by atoms with Crippen LogP contribution < -0.4 is 0 Å². The number of ketones is 2. The van der Waals surface area contributed by atoms with Crippen molar-refractivity contribution in [2.45, 2.75) is 166 Å². The number of ether oxygens (including phenoxy) is 5. The highest BCUT2D eigenvalue weighted by Crippen LogP contribution is 2.45. The zero-order valence-electron chi connectivity index (χ0n) is 36.3. The number of aliphatic hydroxyl groups excluding tert-OH is 2. The molecule has 3 aliphatic heterocycles. The number of carbonyl (C=O) groups excluding carboxylic acids is 4. The van der Waals surface area contributed by atoms with Gasteiger partial charge in [-0.25, -0.2) is 4.79 Å². The predicted octanol–water partition coefficient (Wildman–Crippen LogP) is 5.03. The molecule has 0 radical (unpaired) electrons. The largest absolute Gasteiger partial charge is 0.456 e. The lowest BCUT2D eigenvalue weighted by Gasteiger charge is -2.53. The molecule has 2 bridgehead atoms. The third kappa shape index (κ3) is 10.7. The van der Waals surface area contributed by atoms with E-state index in [1.165, 1.54) is 19.1 Å². The van der Waals surface area contributed by atoms with Crippen molar-refractivity contribution in [2.75, 3.05) is 27.9 Å². The van der Waals surface area contributed by atoms with E-state index in [1.807, 2.05) is 26.0 Å². The number of hydrogen-bond donors (Lipinski definition) is 3. The second-order valence-electron chi connectivity index (χ2n) is 17.9. The normalized spacial score (nSPS) is 40.9. The first-order chi connectivity index (χ1) is 27.3. The van der Waals surface area contributed by atoms with Crippen LogP contribution in [0.3, 0.4) is 0 Å². The summed E-state index contributed by atoms with van der Waals surface area (Å²) < 4.78 is 30.2. The molecule has 0 aromatic heterocycles. The van der Waals surface area contributed by atoms with E-state index in [0.717, 1.165) is 0 Å². The zero-order chi connectivity index (χ0) is 43.1. The Morgan fingerprint density at radius 2 is 1.60 bits per heavy atom. The number of hydrogen-bond acceptors (Lipinski definition) is 12. The summed E-state index contributed by atoms with van der Waals surface area (Å²) in [6.07, 6.45) is 5.59. The standard InChI is InChI=1S/C45H71NO12/c1-11-14-32-20-26(2)19-27(3)21-38(55-9)44(7)39(56-10)23-29(5)45(53,58-44)41(50)42(51)46-18-13-12-15-33(46)43(52)57-40(30(6)35(48)25-36(32)49)28(4)22-31-16-17-34(47)37(24-31)54-8/h11,20,22,26-27,29-31,33-35,37-40,47-48,53H,1,12-19,21,23-25H2,2-10H3/t26?,27-,29+,30+,31-,33-,34+,35-,37+,38-,39-,40+,44+,45+/m0/s1. The summed E-state index contributed by atoms with van der Waals surface area (Å²) in [6.45, 7) is 14.9. The Morgan fingerprint density at radius 1 is 0.931 bits per heavy atom. The number of carbonyl (C=O) groups is 4. The minimum absolute atomic E-state index is 0.0121. The monoisotopic (exact) mass is 817 g/mol. The Hall–Kier alpha value is -2.78. The van der Waals surface area contributed by atoms with Crippen molar-refractivity contribution in [2.24, 2.45) is 29.6 Å². The molecule has 1 amide bonds. The molecule has 14 atom stereocenters. The minimum atomic E-state index is -2.55. The van der Waals surface area contributed by atoms with Gasteiger partial charge in [0.25, 0.3) is 11.7 Å². The molecule has 4 aliphatic rings. The molecule has 13 heteroatoms. The predicted molar refractivity (Wildman–Crippen MR) is 217 cm³/mol. The maximum atomic E-state index is 14.4. The number of nitrogens with zero attached hydrogens (tertiary/aromatic N) is 1. The van der Waals surface area contributed by atoms with Gasteiger partial charge in [0.05, 0.1) is 30.5 Å². The van der Waals surface area contributed by atoms with Crippen molar-refractivity contribution < 1.29 is 58.2 Å². The Kier molecular flexibility index (Phi) is 17.1. The van der Waals surface area contributed by atoms with Crippen LogP contribution >= 0.6 is 0 Å². The van der Waals surface area contributed by atoms with E-state index < -0.39 is 77.4 Å². The number of cyclic esters (lactones) is 1. The second kappa shape index (κ2) is 20.7. The summed E-state index contributed by atoms with van der Waals surface area (Å²) in [5.74, 6) is -7.44. The molecule has 58 heavy (non-hydrogen) atoms. The third-order valence-corrected chi connectivity index (χ3v) is 13.4. The topological polar surface area (TPSA) is 178 Å². The van der Waals surface area contributed by atoms with Crippen LogP contribution in [-0.2, 0) is 42.9 Å². The first-order valence-electron chi connectivity index (χ1n) is 21.3. The first kappa shape index (κ1) is 47.9. The summed E-state index contributed by atoms with van der Waals surface area (Å²) >= 11 is 0. The van der Waals surface area contributed by atoms with Gasteiger partial charge in [-0.2, -0.15) is 0 Å². The molecule has 1 aliphatic carbocycles. The fourth-order valence-corrected chi connectivity index (χ4v) is 9.84. The van der Waals surface area contributed by atoms with Gasteiger partial charge in [0.2, 0.25) is 5.79 Å². The van der Waals surface area contributed by atoms with Crippen molar-refractivity contribution in [3.8, 4) is 0 Å². The Bertz CT molecular complexity index is 1530. The molecule has 1 saturated carbocycles. The molecular formula is C45H71NO12. The average Bonchev–Trinajstić information content (AvgIpc) is 3.19. The fraction of sp³-hybridized carbons (Fsp3) is 0.778. The number of Topliss-reactive ketones (excluding diaryl/α,β-unsaturated/α-hetero) is 2. The van der Waals surface area contributed by atoms with Gasteiger partial charge in [0.15, 0.2) is 5.78 Å². The molecule has 3 heterocycles. The number of allylic oxidation sites excluding steroid dienone is 4. The summed E-state index contributed by atoms with van der Waals surface area (Å²) in [7, 11) is 4.63. The van der Waals surface area contributed by atoms with Gasteiger partial charge in [-0.1, -0.05) is 45.9 Å². The number of aliphatic hydroxyl groups is 3. The van der Waals surface area contributed by atoms with Crippen molar-refractivity contribution in [1.82, 2.24) is 4.90 Å². The summed E-state index contributed by atoms with van der Waals surface area (Å²) in [6, 6.07) is -1.15. The third-order valence-electron chi connectivity index (χ3n) is 13.4. The van der Waals surface area contributed by atoms with Crippen LogP contribution in [0, 0.1) is 29.6 Å². The number of methoxy groups -OCH3 is 3. The molecule has 0 aromatic carbocycles. The van der Waals surface area contributed by atoms with Crippen LogP contribution in [0.15, 0.2) is 36.0 Å². The van der Waals surface area contributed by atoms with E-state index in [9.17, 15) is 34.5 Å². The van der Waals surface area contributed by atoms with Gasteiger partial charge < -0.3 is 43.9 Å². The van der Waals surface area contributed by atoms with Gasteiger partial charge in [0, 0.05) is 46.1 Å². The molecule has 0 aromatic rings. The van der Waals surface area contributed by atoms with E-state index in [-0.39, 0.29) is 55.4 Å². The Balaban J connectivity index is 1.80. The molecular weight excluding hydrogens is 746 g/mol. The van der Waals surface area contributed by atoms with Crippen molar-refractivity contribution in [1.29, 1.82) is 0 Å². The van der Waals surface area contributed by atoms with Crippen LogP contribution in [0.25, 0.3) is 0 Å². The molecule has 13 nitrogen and oxygen atoms in total. The number of fused-ring (bicyclic) bond motifs is 3. The highest BCUT2D eigenvalue weighted by Gasteiger charge is 2.61.